The van der Waals surface area contributed by atoms with Gasteiger partial charge < -0.3 is 5.73 Å². The molecule has 0 atom stereocenters. The molecule has 16 heavy (non-hydrogen) atoms. The quantitative estimate of drug-likeness (QED) is 0.822. The van der Waals surface area contributed by atoms with Crippen molar-refractivity contribution in [2.45, 2.75) is 25.8 Å². The Hall–Kier alpha value is -1.84. The van der Waals surface area contributed by atoms with Crippen molar-refractivity contribution >= 4 is 5.82 Å². The van der Waals surface area contributed by atoms with Gasteiger partial charge in [0.05, 0.1) is 12.7 Å². The summed E-state index contributed by atoms with van der Waals surface area (Å²) in [6.07, 6.45) is 5.48. The molecule has 4 heteroatoms. The molecule has 0 amide bonds. The highest BCUT2D eigenvalue weighted by atomic mass is 15.4. The van der Waals surface area contributed by atoms with Gasteiger partial charge in [0.25, 0.3) is 0 Å². The Morgan fingerprint density at radius 1 is 1.25 bits per heavy atom. The average molecular weight is 214 g/mol. The summed E-state index contributed by atoms with van der Waals surface area (Å²) < 4.78 is 1.77. The second-order valence-electron chi connectivity index (χ2n) is 4.30. The molecule has 1 aliphatic rings. The van der Waals surface area contributed by atoms with Gasteiger partial charge in [0, 0.05) is 0 Å². The molecule has 1 aliphatic carbocycles. The minimum Gasteiger partial charge on any atom is -0.381 e. The molecule has 0 radical (unpaired) electrons. The Balaban J connectivity index is 1.85. The van der Waals surface area contributed by atoms with Crippen LogP contribution in [-0.4, -0.2) is 15.0 Å². The fraction of sp³-hybridized carbons (Fsp3) is 0.333. The van der Waals surface area contributed by atoms with Crippen LogP contribution in [0, 0.1) is 0 Å². The van der Waals surface area contributed by atoms with Crippen LogP contribution in [0.25, 0.3) is 0 Å². The first-order valence-electron chi connectivity index (χ1n) is 5.57. The van der Waals surface area contributed by atoms with Gasteiger partial charge in [-0.15, -0.1) is 5.10 Å². The second-order valence-corrected chi connectivity index (χ2v) is 4.30. The Morgan fingerprint density at radius 2 is 2.12 bits per heavy atom. The van der Waals surface area contributed by atoms with Crippen LogP contribution in [-0.2, 0) is 19.4 Å². The molecule has 0 fully saturated rings. The van der Waals surface area contributed by atoms with Gasteiger partial charge in [-0.1, -0.05) is 23.4 Å². The Kier molecular flexibility index (Phi) is 2.13. The van der Waals surface area contributed by atoms with E-state index in [-0.39, 0.29) is 0 Å². The summed E-state index contributed by atoms with van der Waals surface area (Å²) in [6.45, 7) is 0.747. The molecule has 2 N–H and O–H groups in total. The van der Waals surface area contributed by atoms with Crippen LogP contribution in [0.3, 0.4) is 0 Å². The van der Waals surface area contributed by atoms with Gasteiger partial charge >= 0.3 is 0 Å². The summed E-state index contributed by atoms with van der Waals surface area (Å²) in [5, 5.41) is 7.72. The maximum atomic E-state index is 5.53. The molecular weight excluding hydrogens is 200 g/mol. The van der Waals surface area contributed by atoms with E-state index in [1.807, 2.05) is 0 Å². The third-order valence-corrected chi connectivity index (χ3v) is 3.06. The number of nitrogens with two attached hydrogens (primary N) is 1. The second kappa shape index (κ2) is 3.63. The van der Waals surface area contributed by atoms with Crippen molar-refractivity contribution in [3.05, 3.63) is 41.1 Å². The minimum atomic E-state index is 0.473. The van der Waals surface area contributed by atoms with Crippen molar-refractivity contribution in [3.63, 3.8) is 0 Å². The van der Waals surface area contributed by atoms with Crippen molar-refractivity contribution < 1.29 is 0 Å². The Morgan fingerprint density at radius 3 is 2.94 bits per heavy atom. The predicted molar refractivity (Wildman–Crippen MR) is 62.0 cm³/mol. The van der Waals surface area contributed by atoms with Crippen LogP contribution in [0.5, 0.6) is 0 Å². The number of nitrogen functional groups attached to an aromatic ring is 1. The molecule has 0 saturated heterocycles. The van der Waals surface area contributed by atoms with Crippen molar-refractivity contribution in [1.82, 2.24) is 15.0 Å². The molecule has 0 unspecified atom stereocenters. The molecule has 3 rings (SSSR count). The lowest BCUT2D eigenvalue weighted by Crippen LogP contribution is -2.01. The van der Waals surface area contributed by atoms with Crippen LogP contribution < -0.4 is 5.73 Å². The van der Waals surface area contributed by atoms with Crippen LogP contribution in [0.15, 0.2) is 24.4 Å². The van der Waals surface area contributed by atoms with E-state index in [1.54, 1.807) is 10.9 Å². The lowest BCUT2D eigenvalue weighted by atomic mass is 10.1. The first kappa shape index (κ1) is 9.39. The third-order valence-electron chi connectivity index (χ3n) is 3.06. The number of fused-ring (bicyclic) bond motifs is 1. The molecule has 0 aliphatic heterocycles. The summed E-state index contributed by atoms with van der Waals surface area (Å²) in [5.74, 6) is 0.473. The van der Waals surface area contributed by atoms with Crippen LogP contribution in [0.2, 0.25) is 0 Å². The lowest BCUT2D eigenvalue weighted by molar-refractivity contribution is 0.649. The molecule has 0 saturated carbocycles. The molecular formula is C12H14N4. The molecule has 0 bridgehead atoms. The summed E-state index contributed by atoms with van der Waals surface area (Å²) in [4.78, 5) is 0. The first-order chi connectivity index (χ1) is 7.81. The first-order valence-corrected chi connectivity index (χ1v) is 5.57. The highest BCUT2D eigenvalue weighted by molar-refractivity contribution is 5.35. The van der Waals surface area contributed by atoms with Gasteiger partial charge in [-0.25, -0.2) is 4.68 Å². The zero-order valence-corrected chi connectivity index (χ0v) is 9.06. The van der Waals surface area contributed by atoms with E-state index in [0.717, 1.165) is 6.54 Å². The fourth-order valence-corrected chi connectivity index (χ4v) is 2.30. The summed E-state index contributed by atoms with van der Waals surface area (Å²) in [7, 11) is 0. The maximum Gasteiger partial charge on any atom is 0.165 e. The number of hydrogen-bond acceptors (Lipinski definition) is 3. The molecule has 1 aromatic carbocycles. The van der Waals surface area contributed by atoms with Gasteiger partial charge in [0.2, 0.25) is 0 Å². The van der Waals surface area contributed by atoms with E-state index in [2.05, 4.69) is 28.5 Å². The Bertz CT molecular complexity index is 515. The van der Waals surface area contributed by atoms with E-state index in [1.165, 1.54) is 36.0 Å². The number of aromatic nitrogens is 3. The summed E-state index contributed by atoms with van der Waals surface area (Å²) in [6, 6.07) is 6.68. The van der Waals surface area contributed by atoms with Crippen molar-refractivity contribution in [1.29, 1.82) is 0 Å². The fourth-order valence-electron chi connectivity index (χ4n) is 2.30. The van der Waals surface area contributed by atoms with E-state index in [9.17, 15) is 0 Å². The third kappa shape index (κ3) is 1.66. The predicted octanol–water partition coefficient (Wildman–Crippen LogP) is 1.40. The average Bonchev–Trinajstić information content (AvgIpc) is 2.87. The monoisotopic (exact) mass is 214 g/mol. The maximum absolute atomic E-state index is 5.53. The number of hydrogen-bond donors (Lipinski definition) is 1. The molecule has 4 nitrogen and oxygen atoms in total. The molecule has 1 heterocycles. The van der Waals surface area contributed by atoms with Gasteiger partial charge in [0.1, 0.15) is 0 Å². The van der Waals surface area contributed by atoms with Crippen molar-refractivity contribution in [3.8, 4) is 0 Å². The normalized spacial score (nSPS) is 14.0. The SMILES string of the molecule is Nc1cn(Cc2ccc3c(c2)CCC3)nn1. The summed E-state index contributed by atoms with van der Waals surface area (Å²) in [5.41, 5.74) is 9.79. The smallest absolute Gasteiger partial charge is 0.165 e. The molecule has 0 spiro atoms. The zero-order chi connectivity index (χ0) is 11.0. The minimum absolute atomic E-state index is 0.473. The highest BCUT2D eigenvalue weighted by Crippen LogP contribution is 2.23. The van der Waals surface area contributed by atoms with Crippen LogP contribution in [0.4, 0.5) is 5.82 Å². The number of rotatable bonds is 2. The van der Waals surface area contributed by atoms with E-state index >= 15 is 0 Å². The molecule has 2 aromatic rings. The molecule has 1 aromatic heterocycles. The van der Waals surface area contributed by atoms with Gasteiger partial charge in [-0.05, 0) is 36.0 Å². The van der Waals surface area contributed by atoms with E-state index < -0.39 is 0 Å². The van der Waals surface area contributed by atoms with E-state index in [0.29, 0.717) is 5.82 Å². The number of benzene rings is 1. The topological polar surface area (TPSA) is 56.7 Å². The van der Waals surface area contributed by atoms with Crippen LogP contribution in [0.1, 0.15) is 23.1 Å². The standard InChI is InChI=1S/C12H14N4/c13-12-8-16(15-14-12)7-9-4-5-10-2-1-3-11(10)6-9/h4-6,8H,1-3,7,13H2. The highest BCUT2D eigenvalue weighted by Gasteiger charge is 2.10. The van der Waals surface area contributed by atoms with E-state index in [4.69, 9.17) is 5.73 Å². The Labute approximate surface area is 94.1 Å². The zero-order valence-electron chi connectivity index (χ0n) is 9.06. The van der Waals surface area contributed by atoms with Gasteiger partial charge in [-0.3, -0.25) is 0 Å². The number of aryl methyl sites for hydroxylation is 2. The molecule has 82 valence electrons. The van der Waals surface area contributed by atoms with Gasteiger partial charge in [-0.2, -0.15) is 0 Å². The van der Waals surface area contributed by atoms with Crippen LogP contribution >= 0.6 is 0 Å². The van der Waals surface area contributed by atoms with Gasteiger partial charge in [0.15, 0.2) is 5.82 Å². The van der Waals surface area contributed by atoms with Crippen molar-refractivity contribution in [2.24, 2.45) is 0 Å². The summed E-state index contributed by atoms with van der Waals surface area (Å²) >= 11 is 0. The number of nitrogens with zero attached hydrogens (tertiary/aromatic N) is 3. The largest absolute Gasteiger partial charge is 0.381 e. The lowest BCUT2D eigenvalue weighted by Gasteiger charge is -2.04. The number of anilines is 1. The van der Waals surface area contributed by atoms with Crippen molar-refractivity contribution in [2.75, 3.05) is 5.73 Å².